The van der Waals surface area contributed by atoms with E-state index in [1.54, 1.807) is 13.0 Å². The van der Waals surface area contributed by atoms with Crippen LogP contribution in [-0.4, -0.2) is 5.97 Å². The van der Waals surface area contributed by atoms with Gasteiger partial charge in [0.05, 0.1) is 0 Å². The molecule has 0 saturated heterocycles. The maximum Gasteiger partial charge on any atom is 0.310 e. The zero-order valence-electron chi connectivity index (χ0n) is 15.0. The average Bonchev–Trinajstić information content (AvgIpc) is 3.46. The number of aryl methyl sites for hydroxylation is 1. The third-order valence-electron chi connectivity index (χ3n) is 4.54. The average molecular weight is 468 g/mol. The molecule has 0 aromatic heterocycles. The van der Waals surface area contributed by atoms with Crippen LogP contribution in [0.2, 0.25) is 0 Å². The summed E-state index contributed by atoms with van der Waals surface area (Å²) in [5, 5.41) is 0. The first-order chi connectivity index (χ1) is 12.5. The number of halogens is 2. The molecule has 1 aliphatic carbocycles. The van der Waals surface area contributed by atoms with Gasteiger partial charge in [0, 0.05) is 21.6 Å². The Balaban J connectivity index is 1.85. The van der Waals surface area contributed by atoms with E-state index >= 15 is 0 Å². The van der Waals surface area contributed by atoms with Gasteiger partial charge in [0.15, 0.2) is 0 Å². The molecule has 1 aliphatic rings. The third kappa shape index (κ3) is 4.37. The standard InChI is InChI=1S/C21H22FIO3/c1-3-13-10-15(14-8-9-14)20(11-17(13)22)25-12-16-18(23)6-5-7-19(16)26-21(24)4-2/h5-7,10-11,14H,3-4,8-9,12H2,1-2H3. The Morgan fingerprint density at radius 3 is 2.65 bits per heavy atom. The van der Waals surface area contributed by atoms with Crippen LogP contribution in [-0.2, 0) is 17.8 Å². The van der Waals surface area contributed by atoms with Crippen molar-refractivity contribution < 1.29 is 18.7 Å². The molecule has 0 bridgehead atoms. The lowest BCUT2D eigenvalue weighted by Gasteiger charge is -2.16. The molecule has 0 spiro atoms. The van der Waals surface area contributed by atoms with Gasteiger partial charge in [-0.3, -0.25) is 4.79 Å². The van der Waals surface area contributed by atoms with Crippen molar-refractivity contribution in [3.63, 3.8) is 0 Å². The van der Waals surface area contributed by atoms with Crippen molar-refractivity contribution in [1.29, 1.82) is 0 Å². The van der Waals surface area contributed by atoms with Gasteiger partial charge < -0.3 is 9.47 Å². The van der Waals surface area contributed by atoms with E-state index in [-0.39, 0.29) is 18.4 Å². The summed E-state index contributed by atoms with van der Waals surface area (Å²) in [4.78, 5) is 11.7. The highest BCUT2D eigenvalue weighted by atomic mass is 127. The van der Waals surface area contributed by atoms with Crippen LogP contribution in [0, 0.1) is 9.39 Å². The molecule has 138 valence electrons. The van der Waals surface area contributed by atoms with Crippen LogP contribution in [0.4, 0.5) is 4.39 Å². The third-order valence-corrected chi connectivity index (χ3v) is 5.55. The largest absolute Gasteiger partial charge is 0.488 e. The predicted molar refractivity (Wildman–Crippen MR) is 107 cm³/mol. The number of benzene rings is 2. The monoisotopic (exact) mass is 468 g/mol. The molecule has 26 heavy (non-hydrogen) atoms. The fourth-order valence-electron chi connectivity index (χ4n) is 2.85. The smallest absolute Gasteiger partial charge is 0.310 e. The van der Waals surface area contributed by atoms with Crippen molar-refractivity contribution in [2.24, 2.45) is 0 Å². The van der Waals surface area contributed by atoms with E-state index in [1.165, 1.54) is 6.07 Å². The van der Waals surface area contributed by atoms with Crippen molar-refractivity contribution in [2.45, 2.75) is 52.1 Å². The quantitative estimate of drug-likeness (QED) is 0.294. The van der Waals surface area contributed by atoms with Gasteiger partial charge >= 0.3 is 5.97 Å². The SMILES string of the molecule is CCC(=O)Oc1cccc(I)c1COc1cc(F)c(CC)cc1C1CC1. The van der Waals surface area contributed by atoms with Gasteiger partial charge in [0.2, 0.25) is 0 Å². The van der Waals surface area contributed by atoms with Crippen LogP contribution in [0.3, 0.4) is 0 Å². The lowest BCUT2D eigenvalue weighted by molar-refractivity contribution is -0.134. The van der Waals surface area contributed by atoms with E-state index in [4.69, 9.17) is 9.47 Å². The van der Waals surface area contributed by atoms with E-state index in [0.29, 0.717) is 30.3 Å². The van der Waals surface area contributed by atoms with E-state index in [9.17, 15) is 9.18 Å². The molecule has 0 atom stereocenters. The second-order valence-corrected chi connectivity index (χ2v) is 7.60. The normalized spacial score (nSPS) is 13.5. The lowest BCUT2D eigenvalue weighted by Crippen LogP contribution is -2.10. The minimum atomic E-state index is -0.287. The second-order valence-electron chi connectivity index (χ2n) is 6.44. The van der Waals surface area contributed by atoms with Crippen LogP contribution in [0.5, 0.6) is 11.5 Å². The summed E-state index contributed by atoms with van der Waals surface area (Å²) in [6.45, 7) is 3.94. The van der Waals surface area contributed by atoms with Gasteiger partial charge in [-0.15, -0.1) is 0 Å². The molecule has 0 radical (unpaired) electrons. The summed E-state index contributed by atoms with van der Waals surface area (Å²) < 4.78 is 26.6. The van der Waals surface area contributed by atoms with Gasteiger partial charge in [0.25, 0.3) is 0 Å². The Morgan fingerprint density at radius 2 is 2.00 bits per heavy atom. The van der Waals surface area contributed by atoms with Crippen LogP contribution >= 0.6 is 22.6 Å². The Labute approximate surface area is 167 Å². The second kappa shape index (κ2) is 8.37. The van der Waals surface area contributed by atoms with Crippen molar-refractivity contribution in [3.05, 3.63) is 56.4 Å². The number of hydrogen-bond donors (Lipinski definition) is 0. The number of esters is 1. The number of carbonyl (C=O) groups excluding carboxylic acids is 1. The number of hydrogen-bond acceptors (Lipinski definition) is 3. The number of ether oxygens (including phenoxy) is 2. The molecule has 0 N–H and O–H groups in total. The fourth-order valence-corrected chi connectivity index (χ4v) is 3.48. The molecule has 2 aromatic rings. The maximum absolute atomic E-state index is 14.3. The predicted octanol–water partition coefficient (Wildman–Crippen LogP) is 5.76. The maximum atomic E-state index is 14.3. The summed E-state index contributed by atoms with van der Waals surface area (Å²) in [6.07, 6.45) is 3.21. The minimum absolute atomic E-state index is 0.229. The molecule has 0 unspecified atom stereocenters. The zero-order valence-corrected chi connectivity index (χ0v) is 17.1. The van der Waals surface area contributed by atoms with E-state index in [2.05, 4.69) is 22.6 Å². The Kier molecular flexibility index (Phi) is 6.16. The minimum Gasteiger partial charge on any atom is -0.488 e. The van der Waals surface area contributed by atoms with Crippen LogP contribution in [0.15, 0.2) is 30.3 Å². The van der Waals surface area contributed by atoms with Crippen molar-refractivity contribution in [2.75, 3.05) is 0 Å². The molecule has 1 fully saturated rings. The Hall–Kier alpha value is -1.63. The molecule has 0 amide bonds. The zero-order chi connectivity index (χ0) is 18.7. The van der Waals surface area contributed by atoms with E-state index in [1.807, 2.05) is 25.1 Å². The molecular weight excluding hydrogens is 446 g/mol. The highest BCUT2D eigenvalue weighted by molar-refractivity contribution is 14.1. The van der Waals surface area contributed by atoms with E-state index in [0.717, 1.165) is 33.1 Å². The van der Waals surface area contributed by atoms with Gasteiger partial charge in [0.1, 0.15) is 23.9 Å². The van der Waals surface area contributed by atoms with Crippen molar-refractivity contribution >= 4 is 28.6 Å². The first-order valence-corrected chi connectivity index (χ1v) is 10.0. The molecule has 0 aliphatic heterocycles. The van der Waals surface area contributed by atoms with Gasteiger partial charge in [-0.25, -0.2) is 4.39 Å². The Morgan fingerprint density at radius 1 is 1.23 bits per heavy atom. The van der Waals surface area contributed by atoms with Crippen molar-refractivity contribution in [3.8, 4) is 11.5 Å². The summed E-state index contributed by atoms with van der Waals surface area (Å²) >= 11 is 2.19. The summed E-state index contributed by atoms with van der Waals surface area (Å²) in [5.41, 5.74) is 2.61. The van der Waals surface area contributed by atoms with Crippen molar-refractivity contribution in [1.82, 2.24) is 0 Å². The lowest BCUT2D eigenvalue weighted by atomic mass is 10.0. The summed E-state index contributed by atoms with van der Waals surface area (Å²) in [6, 6.07) is 8.98. The molecule has 2 aromatic carbocycles. The van der Waals surface area contributed by atoms with Crippen LogP contribution in [0.25, 0.3) is 0 Å². The van der Waals surface area contributed by atoms with Gasteiger partial charge in [-0.2, -0.15) is 0 Å². The molecule has 3 nitrogen and oxygen atoms in total. The molecule has 1 saturated carbocycles. The molecular formula is C21H22FIO3. The summed E-state index contributed by atoms with van der Waals surface area (Å²) in [5.74, 6) is 1.04. The van der Waals surface area contributed by atoms with E-state index < -0.39 is 0 Å². The number of rotatable bonds is 7. The molecule has 0 heterocycles. The highest BCUT2D eigenvalue weighted by Crippen LogP contribution is 2.45. The van der Waals surface area contributed by atoms with Crippen LogP contribution < -0.4 is 9.47 Å². The van der Waals surface area contributed by atoms with Gasteiger partial charge in [-0.05, 0) is 77.1 Å². The number of carbonyl (C=O) groups is 1. The van der Waals surface area contributed by atoms with Crippen LogP contribution in [0.1, 0.15) is 55.7 Å². The molecule has 5 heteroatoms. The van der Waals surface area contributed by atoms with Gasteiger partial charge in [-0.1, -0.05) is 19.9 Å². The first kappa shape index (κ1) is 19.1. The Bertz CT molecular complexity index is 815. The highest BCUT2D eigenvalue weighted by Gasteiger charge is 2.28. The molecule has 3 rings (SSSR count). The first-order valence-electron chi connectivity index (χ1n) is 8.96. The topological polar surface area (TPSA) is 35.5 Å². The fraction of sp³-hybridized carbons (Fsp3) is 0.381. The summed E-state index contributed by atoms with van der Waals surface area (Å²) in [7, 11) is 0.